The molecule has 2 aromatic carbocycles. The van der Waals surface area contributed by atoms with E-state index in [1.165, 1.54) is 5.56 Å². The largest absolute Gasteiger partial charge is 0.490 e. The van der Waals surface area contributed by atoms with Gasteiger partial charge in [0.2, 0.25) is 0 Å². The molecule has 0 bridgehead atoms. The fourth-order valence-corrected chi connectivity index (χ4v) is 2.75. The molecule has 0 aliphatic heterocycles. The van der Waals surface area contributed by atoms with E-state index in [2.05, 4.69) is 43.4 Å². The number of benzene rings is 2. The van der Waals surface area contributed by atoms with Crippen LogP contribution in [0.5, 0.6) is 11.5 Å². The van der Waals surface area contributed by atoms with Gasteiger partial charge in [0.1, 0.15) is 0 Å². The zero-order valence-corrected chi connectivity index (χ0v) is 15.4. The molecule has 0 aromatic heterocycles. The van der Waals surface area contributed by atoms with Gasteiger partial charge in [0.15, 0.2) is 11.5 Å². The van der Waals surface area contributed by atoms with Crippen molar-refractivity contribution in [3.63, 3.8) is 0 Å². The Morgan fingerprint density at radius 1 is 1.08 bits per heavy atom. The van der Waals surface area contributed by atoms with Gasteiger partial charge in [-0.2, -0.15) is 0 Å². The third kappa shape index (κ3) is 5.15. The van der Waals surface area contributed by atoms with E-state index in [0.29, 0.717) is 36.3 Å². The Morgan fingerprint density at radius 3 is 2.50 bits per heavy atom. The van der Waals surface area contributed by atoms with Crippen molar-refractivity contribution >= 4 is 11.6 Å². The minimum atomic E-state index is 0.261. The number of rotatable bonds is 9. The van der Waals surface area contributed by atoms with Gasteiger partial charge in [-0.3, -0.25) is 0 Å². The molecular weight excluding hydrogens is 322 g/mol. The third-order valence-electron chi connectivity index (χ3n) is 3.73. The van der Waals surface area contributed by atoms with Gasteiger partial charge in [0.25, 0.3) is 0 Å². The summed E-state index contributed by atoms with van der Waals surface area (Å²) in [7, 11) is 0. The van der Waals surface area contributed by atoms with E-state index in [4.69, 9.17) is 21.1 Å². The molecule has 0 radical (unpaired) electrons. The number of nitrogens with one attached hydrogen (secondary N) is 1. The first kappa shape index (κ1) is 18.6. The van der Waals surface area contributed by atoms with Gasteiger partial charge in [-0.25, -0.2) is 0 Å². The standard InChI is InChI=1S/C20H26ClNO2/c1-4-11-24-20-18(21)12-16(13-19(20)23-5-2)14-22-15(3)17-9-7-6-8-10-17/h6-10,12-13,15,22H,4-5,11,14H2,1-3H3. The second kappa shape index (κ2) is 9.55. The highest BCUT2D eigenvalue weighted by Gasteiger charge is 2.13. The first-order valence-corrected chi connectivity index (χ1v) is 8.89. The summed E-state index contributed by atoms with van der Waals surface area (Å²) in [6.45, 7) is 8.10. The van der Waals surface area contributed by atoms with E-state index in [-0.39, 0.29) is 6.04 Å². The van der Waals surface area contributed by atoms with Gasteiger partial charge in [-0.15, -0.1) is 0 Å². The Labute approximate surface area is 149 Å². The number of ether oxygens (including phenoxy) is 2. The summed E-state index contributed by atoms with van der Waals surface area (Å²) in [6, 6.07) is 14.6. The minimum Gasteiger partial charge on any atom is -0.490 e. The smallest absolute Gasteiger partial charge is 0.179 e. The summed E-state index contributed by atoms with van der Waals surface area (Å²) in [4.78, 5) is 0. The van der Waals surface area contributed by atoms with Crippen molar-refractivity contribution in [3.8, 4) is 11.5 Å². The van der Waals surface area contributed by atoms with E-state index in [9.17, 15) is 0 Å². The molecule has 1 atom stereocenters. The zero-order chi connectivity index (χ0) is 17.4. The van der Waals surface area contributed by atoms with Crippen LogP contribution in [0, 0.1) is 0 Å². The quantitative estimate of drug-likeness (QED) is 0.660. The van der Waals surface area contributed by atoms with E-state index in [0.717, 1.165) is 12.0 Å². The number of hydrogen-bond donors (Lipinski definition) is 1. The Balaban J connectivity index is 2.09. The lowest BCUT2D eigenvalue weighted by Crippen LogP contribution is -2.18. The predicted molar refractivity (Wildman–Crippen MR) is 100 cm³/mol. The summed E-state index contributed by atoms with van der Waals surface area (Å²) in [5.74, 6) is 1.35. The molecule has 2 aromatic rings. The summed E-state index contributed by atoms with van der Waals surface area (Å²) >= 11 is 6.41. The van der Waals surface area contributed by atoms with Gasteiger partial charge in [0.05, 0.1) is 18.2 Å². The topological polar surface area (TPSA) is 30.5 Å². The van der Waals surface area contributed by atoms with Gasteiger partial charge in [0, 0.05) is 12.6 Å². The van der Waals surface area contributed by atoms with E-state index in [1.807, 2.05) is 25.1 Å². The van der Waals surface area contributed by atoms with Crippen molar-refractivity contribution in [2.24, 2.45) is 0 Å². The molecule has 0 saturated heterocycles. The molecule has 1 unspecified atom stereocenters. The average molecular weight is 348 g/mol. The maximum Gasteiger partial charge on any atom is 0.179 e. The zero-order valence-electron chi connectivity index (χ0n) is 14.6. The van der Waals surface area contributed by atoms with E-state index >= 15 is 0 Å². The first-order chi connectivity index (χ1) is 11.7. The molecule has 4 heteroatoms. The van der Waals surface area contributed by atoms with E-state index < -0.39 is 0 Å². The predicted octanol–water partition coefficient (Wildman–Crippen LogP) is 5.38. The van der Waals surface area contributed by atoms with Gasteiger partial charge in [-0.05, 0) is 43.5 Å². The molecule has 0 heterocycles. The molecule has 0 aliphatic rings. The Morgan fingerprint density at radius 2 is 1.83 bits per heavy atom. The first-order valence-electron chi connectivity index (χ1n) is 8.52. The van der Waals surface area contributed by atoms with Crippen LogP contribution in [-0.4, -0.2) is 13.2 Å². The van der Waals surface area contributed by atoms with Gasteiger partial charge in [-0.1, -0.05) is 48.9 Å². The van der Waals surface area contributed by atoms with Crippen molar-refractivity contribution in [3.05, 3.63) is 58.6 Å². The summed E-state index contributed by atoms with van der Waals surface area (Å²) in [5, 5.41) is 4.12. The van der Waals surface area contributed by atoms with Crippen molar-refractivity contribution < 1.29 is 9.47 Å². The number of hydrogen-bond acceptors (Lipinski definition) is 3. The second-order valence-electron chi connectivity index (χ2n) is 5.70. The van der Waals surface area contributed by atoms with Crippen LogP contribution in [0.3, 0.4) is 0 Å². The third-order valence-corrected chi connectivity index (χ3v) is 4.01. The average Bonchev–Trinajstić information content (AvgIpc) is 2.60. The molecule has 24 heavy (non-hydrogen) atoms. The molecule has 1 N–H and O–H groups in total. The molecule has 130 valence electrons. The van der Waals surface area contributed by atoms with Crippen LogP contribution < -0.4 is 14.8 Å². The highest BCUT2D eigenvalue weighted by atomic mass is 35.5. The van der Waals surface area contributed by atoms with Crippen LogP contribution >= 0.6 is 11.6 Å². The SMILES string of the molecule is CCCOc1c(Cl)cc(CNC(C)c2ccccc2)cc1OCC. The highest BCUT2D eigenvalue weighted by Crippen LogP contribution is 2.37. The van der Waals surface area contributed by atoms with Crippen LogP contribution in [0.1, 0.15) is 44.4 Å². The monoisotopic (exact) mass is 347 g/mol. The van der Waals surface area contributed by atoms with Crippen LogP contribution in [0.15, 0.2) is 42.5 Å². The fourth-order valence-electron chi connectivity index (χ4n) is 2.46. The maximum atomic E-state index is 6.41. The van der Waals surface area contributed by atoms with Crippen molar-refractivity contribution in [1.82, 2.24) is 5.32 Å². The van der Waals surface area contributed by atoms with Crippen LogP contribution in [0.4, 0.5) is 0 Å². The lowest BCUT2D eigenvalue weighted by Gasteiger charge is -2.17. The fraction of sp³-hybridized carbons (Fsp3) is 0.400. The van der Waals surface area contributed by atoms with Crippen LogP contribution in [0.25, 0.3) is 0 Å². The molecule has 3 nitrogen and oxygen atoms in total. The van der Waals surface area contributed by atoms with Crippen LogP contribution in [-0.2, 0) is 6.54 Å². The van der Waals surface area contributed by atoms with Crippen LogP contribution in [0.2, 0.25) is 5.02 Å². The molecule has 0 spiro atoms. The Hall–Kier alpha value is -1.71. The van der Waals surface area contributed by atoms with E-state index in [1.54, 1.807) is 0 Å². The maximum absolute atomic E-state index is 6.41. The Kier molecular flexibility index (Phi) is 7.41. The summed E-state index contributed by atoms with van der Waals surface area (Å²) in [6.07, 6.45) is 0.930. The lowest BCUT2D eigenvalue weighted by atomic mass is 10.1. The molecule has 0 saturated carbocycles. The van der Waals surface area contributed by atoms with Crippen molar-refractivity contribution in [1.29, 1.82) is 0 Å². The second-order valence-corrected chi connectivity index (χ2v) is 6.11. The summed E-state index contributed by atoms with van der Waals surface area (Å²) < 4.78 is 11.5. The lowest BCUT2D eigenvalue weighted by molar-refractivity contribution is 0.277. The Bertz CT molecular complexity index is 631. The van der Waals surface area contributed by atoms with Gasteiger partial charge >= 0.3 is 0 Å². The van der Waals surface area contributed by atoms with Gasteiger partial charge < -0.3 is 14.8 Å². The molecule has 0 fully saturated rings. The molecule has 0 aliphatic carbocycles. The molecule has 0 amide bonds. The molecular formula is C20H26ClNO2. The number of halogens is 1. The minimum absolute atomic E-state index is 0.261. The highest BCUT2D eigenvalue weighted by molar-refractivity contribution is 6.32. The van der Waals surface area contributed by atoms with Crippen molar-refractivity contribution in [2.45, 2.75) is 39.8 Å². The normalized spacial score (nSPS) is 12.0. The molecule has 2 rings (SSSR count). The summed E-state index contributed by atoms with van der Waals surface area (Å²) in [5.41, 5.74) is 2.34. The van der Waals surface area contributed by atoms with Crippen molar-refractivity contribution in [2.75, 3.05) is 13.2 Å².